The van der Waals surface area contributed by atoms with Crippen LogP contribution in [0, 0.1) is 0 Å². The molecular formula is C16H12NO2Sb. The molecule has 0 saturated carbocycles. The number of rotatable bonds is 2. The van der Waals surface area contributed by atoms with Crippen LogP contribution in [0.2, 0.25) is 0 Å². The predicted molar refractivity (Wildman–Crippen MR) is 78.6 cm³/mol. The first-order valence-corrected chi connectivity index (χ1v) is 9.61. The van der Waals surface area contributed by atoms with Crippen molar-refractivity contribution in [3.63, 3.8) is 0 Å². The van der Waals surface area contributed by atoms with E-state index in [0.717, 1.165) is 22.6 Å². The summed E-state index contributed by atoms with van der Waals surface area (Å²) in [6, 6.07) is 20.3. The Bertz CT molecular complexity index is 623. The zero-order chi connectivity index (χ0) is 13.4. The monoisotopic (exact) mass is 371 g/mol. The third-order valence-electron chi connectivity index (χ3n) is 3.16. The summed E-state index contributed by atoms with van der Waals surface area (Å²) in [5.41, 5.74) is 2.20. The van der Waals surface area contributed by atoms with Crippen molar-refractivity contribution in [1.29, 1.82) is 0 Å². The van der Waals surface area contributed by atoms with Crippen LogP contribution in [0.3, 0.4) is 0 Å². The van der Waals surface area contributed by atoms with Crippen LogP contribution in [0.1, 0.15) is 11.1 Å². The molecule has 4 rings (SSSR count). The predicted octanol–water partition coefficient (Wildman–Crippen LogP) is 3.33. The van der Waals surface area contributed by atoms with Gasteiger partial charge in [-0.15, -0.1) is 0 Å². The Morgan fingerprint density at radius 1 is 0.650 bits per heavy atom. The van der Waals surface area contributed by atoms with Crippen LogP contribution in [-0.4, -0.2) is 24.4 Å². The van der Waals surface area contributed by atoms with E-state index in [0.29, 0.717) is 0 Å². The summed E-state index contributed by atoms with van der Waals surface area (Å²) in [5, 5.41) is 0. The summed E-state index contributed by atoms with van der Waals surface area (Å²) in [5.74, 6) is 1.83. The van der Waals surface area contributed by atoms with Gasteiger partial charge in [0.15, 0.2) is 0 Å². The van der Waals surface area contributed by atoms with Gasteiger partial charge in [0.2, 0.25) is 0 Å². The van der Waals surface area contributed by atoms with Crippen molar-refractivity contribution >= 4 is 32.8 Å². The van der Waals surface area contributed by atoms with Crippen molar-refractivity contribution in [1.82, 2.24) is 3.06 Å². The summed E-state index contributed by atoms with van der Waals surface area (Å²) in [6.07, 6.45) is 4.10. The first-order valence-electron chi connectivity index (χ1n) is 6.39. The van der Waals surface area contributed by atoms with Crippen molar-refractivity contribution in [2.45, 2.75) is 0 Å². The van der Waals surface area contributed by atoms with Crippen molar-refractivity contribution in [2.24, 2.45) is 0 Å². The number of fused-ring (bicyclic) bond motifs is 1. The van der Waals surface area contributed by atoms with Gasteiger partial charge < -0.3 is 0 Å². The topological polar surface area (TPSA) is 21.7 Å². The summed E-state index contributed by atoms with van der Waals surface area (Å²) in [4.78, 5) is 0. The molecule has 0 unspecified atom stereocenters. The van der Waals surface area contributed by atoms with Crippen LogP contribution >= 0.6 is 0 Å². The van der Waals surface area contributed by atoms with E-state index in [9.17, 15) is 0 Å². The maximum absolute atomic E-state index is 6.02. The van der Waals surface area contributed by atoms with Crippen LogP contribution in [0.15, 0.2) is 73.1 Å². The van der Waals surface area contributed by atoms with Gasteiger partial charge in [-0.05, 0) is 0 Å². The molecule has 0 saturated heterocycles. The third kappa shape index (κ3) is 2.08. The summed E-state index contributed by atoms with van der Waals surface area (Å²) in [6.45, 7) is 0. The molecule has 2 aliphatic rings. The van der Waals surface area contributed by atoms with E-state index in [1.54, 1.807) is 0 Å². The fourth-order valence-corrected chi connectivity index (χ4v) is 5.77. The second-order valence-electron chi connectivity index (χ2n) is 4.52. The normalized spacial score (nSPS) is 17.1. The van der Waals surface area contributed by atoms with E-state index in [1.807, 2.05) is 48.8 Å². The molecule has 0 fully saturated rings. The molecule has 2 heterocycles. The molecule has 0 aromatic heterocycles. The van der Waals surface area contributed by atoms with Crippen LogP contribution in [-0.2, 0) is 6.03 Å². The molecule has 2 aromatic rings. The van der Waals surface area contributed by atoms with E-state index in [1.165, 1.54) is 0 Å². The van der Waals surface area contributed by atoms with Crippen molar-refractivity contribution < 1.29 is 6.03 Å². The molecule has 2 aliphatic heterocycles. The average molecular weight is 372 g/mol. The quantitative estimate of drug-likeness (QED) is 0.756. The zero-order valence-corrected chi connectivity index (χ0v) is 13.2. The summed E-state index contributed by atoms with van der Waals surface area (Å²) in [7, 11) is 0. The van der Waals surface area contributed by atoms with Gasteiger partial charge in [-0.2, -0.15) is 0 Å². The molecule has 0 radical (unpaired) electrons. The average Bonchev–Trinajstić information content (AvgIpc) is 3.08. The van der Waals surface area contributed by atoms with Gasteiger partial charge in [0.25, 0.3) is 0 Å². The molecule has 20 heavy (non-hydrogen) atoms. The molecule has 0 bridgehead atoms. The van der Waals surface area contributed by atoms with Crippen LogP contribution in [0.4, 0.5) is 0 Å². The molecule has 0 atom stereocenters. The van der Waals surface area contributed by atoms with Crippen LogP contribution in [0.25, 0.3) is 11.5 Å². The van der Waals surface area contributed by atoms with Gasteiger partial charge >= 0.3 is 126 Å². The third-order valence-corrected chi connectivity index (χ3v) is 6.91. The Morgan fingerprint density at radius 3 is 1.50 bits per heavy atom. The molecule has 0 N–H and O–H groups in total. The van der Waals surface area contributed by atoms with E-state index < -0.39 is 21.3 Å². The van der Waals surface area contributed by atoms with Gasteiger partial charge in [-0.3, -0.25) is 0 Å². The molecule has 0 amide bonds. The van der Waals surface area contributed by atoms with E-state index in [-0.39, 0.29) is 0 Å². The van der Waals surface area contributed by atoms with Gasteiger partial charge in [-0.25, -0.2) is 0 Å². The molecule has 3 nitrogen and oxygen atoms in total. The van der Waals surface area contributed by atoms with E-state index in [4.69, 9.17) is 6.03 Å². The maximum atomic E-state index is 6.02. The van der Waals surface area contributed by atoms with Gasteiger partial charge in [-0.1, -0.05) is 0 Å². The van der Waals surface area contributed by atoms with Gasteiger partial charge in [0.05, 0.1) is 0 Å². The summed E-state index contributed by atoms with van der Waals surface area (Å²) < 4.78 is 14.2. The Morgan fingerprint density at radius 2 is 1.10 bits per heavy atom. The van der Waals surface area contributed by atoms with Gasteiger partial charge in [0.1, 0.15) is 0 Å². The Hall–Kier alpha value is -1.86. The standard InChI is InChI=1S/C16H14NO2.Sb/c18-15(13-7-3-1-4-8-13)11-17-12-16(19)14-9-5-2-6-10-14;/h1-12,18-19H;/q-1;+3/p-2. The fraction of sp³-hybridized carbons (Fsp3) is 0. The fourth-order valence-electron chi connectivity index (χ4n) is 2.16. The second kappa shape index (κ2) is 4.91. The number of hydrogen-bond donors (Lipinski definition) is 0. The number of nitrogens with zero attached hydrogens (tertiary/aromatic N) is 1. The van der Waals surface area contributed by atoms with Gasteiger partial charge in [0, 0.05) is 0 Å². The molecule has 98 valence electrons. The van der Waals surface area contributed by atoms with Crippen LogP contribution in [0.5, 0.6) is 0 Å². The van der Waals surface area contributed by atoms with E-state index in [2.05, 4.69) is 27.3 Å². The second-order valence-corrected chi connectivity index (χ2v) is 8.24. The first kappa shape index (κ1) is 11.9. The molecule has 2 aromatic carbocycles. The Labute approximate surface area is 126 Å². The molecular weight excluding hydrogens is 360 g/mol. The first-order chi connectivity index (χ1) is 9.90. The number of benzene rings is 2. The SMILES string of the molecule is C1=C(c2ccccc2)[O][Sb]2[O]C(c3ccccc3)=C[N]12. The minimum absolute atomic E-state index is 0.914. The number of hydrogen-bond acceptors (Lipinski definition) is 3. The molecule has 0 aliphatic carbocycles. The minimum atomic E-state index is -2.32. The summed E-state index contributed by atoms with van der Waals surface area (Å²) >= 11 is -2.32. The molecule has 0 spiro atoms. The van der Waals surface area contributed by atoms with E-state index >= 15 is 0 Å². The van der Waals surface area contributed by atoms with Crippen molar-refractivity contribution in [3.8, 4) is 0 Å². The Balaban J connectivity index is 1.61. The van der Waals surface area contributed by atoms with Crippen molar-refractivity contribution in [2.75, 3.05) is 0 Å². The molecule has 4 heteroatoms. The Kier molecular flexibility index (Phi) is 2.93. The zero-order valence-electron chi connectivity index (χ0n) is 10.6. The van der Waals surface area contributed by atoms with Crippen LogP contribution < -0.4 is 0 Å². The van der Waals surface area contributed by atoms with Crippen molar-refractivity contribution in [3.05, 3.63) is 84.2 Å².